The van der Waals surface area contributed by atoms with Crippen LogP contribution >= 0.6 is 0 Å². The molecule has 0 aliphatic heterocycles. The van der Waals surface area contributed by atoms with Crippen LogP contribution in [0.25, 0.3) is 11.1 Å². The standard InChI is InChI=1S/C28H32N2O5/c31-26(29-19-7-5-6-18(15-19)27(32)33)17-12-13-20(14-17)30-28(34)35-16-25-23-10-3-1-8-21(23)22-9-2-4-11-24(22)25/h1-4,8-11,17-20,25H,5-7,12-16H2,(H,29,31)(H,30,34)(H,32,33)/t17-,18-,19-,20+/m1/s1. The van der Waals surface area contributed by atoms with Crippen molar-refractivity contribution >= 4 is 18.0 Å². The van der Waals surface area contributed by atoms with Gasteiger partial charge in [0.25, 0.3) is 0 Å². The molecule has 184 valence electrons. The summed E-state index contributed by atoms with van der Waals surface area (Å²) in [4.78, 5) is 36.6. The Morgan fingerprint density at radius 3 is 2.11 bits per heavy atom. The van der Waals surface area contributed by atoms with Gasteiger partial charge in [-0.05, 0) is 60.8 Å². The summed E-state index contributed by atoms with van der Waals surface area (Å²) in [6.07, 6.45) is 4.37. The number of carboxylic acid groups (broad SMARTS) is 1. The predicted octanol–water partition coefficient (Wildman–Crippen LogP) is 4.45. The van der Waals surface area contributed by atoms with Crippen LogP contribution in [0.5, 0.6) is 0 Å². The molecule has 2 aromatic rings. The lowest BCUT2D eigenvalue weighted by atomic mass is 9.85. The van der Waals surface area contributed by atoms with Gasteiger partial charge in [0.1, 0.15) is 6.61 Å². The first kappa shape index (κ1) is 23.4. The fraction of sp³-hybridized carbons (Fsp3) is 0.464. The number of hydrogen-bond acceptors (Lipinski definition) is 4. The van der Waals surface area contributed by atoms with Crippen LogP contribution in [0, 0.1) is 11.8 Å². The maximum absolute atomic E-state index is 12.8. The fourth-order valence-corrected chi connectivity index (χ4v) is 6.02. The van der Waals surface area contributed by atoms with Crippen molar-refractivity contribution in [2.45, 2.75) is 62.9 Å². The van der Waals surface area contributed by atoms with Gasteiger partial charge >= 0.3 is 12.1 Å². The van der Waals surface area contributed by atoms with Gasteiger partial charge in [-0.1, -0.05) is 55.0 Å². The van der Waals surface area contributed by atoms with Gasteiger partial charge in [0.2, 0.25) is 5.91 Å². The summed E-state index contributed by atoms with van der Waals surface area (Å²) in [5.41, 5.74) is 4.72. The van der Waals surface area contributed by atoms with Crippen molar-refractivity contribution < 1.29 is 24.2 Å². The highest BCUT2D eigenvalue weighted by Gasteiger charge is 2.34. The molecule has 2 amide bonds. The molecule has 3 aliphatic rings. The SMILES string of the molecule is O=C(N[C@H]1CC[C@@H](C(=O)N[C@@H]2CCC[C@@H](C(=O)O)C2)C1)OCC1c2ccccc2-c2ccccc21. The number of nitrogens with one attached hydrogen (secondary N) is 2. The Bertz CT molecular complexity index is 1070. The first-order valence-corrected chi connectivity index (χ1v) is 12.6. The number of fused-ring (bicyclic) bond motifs is 3. The van der Waals surface area contributed by atoms with E-state index in [0.717, 1.165) is 19.3 Å². The number of benzene rings is 2. The summed E-state index contributed by atoms with van der Waals surface area (Å²) < 4.78 is 5.65. The lowest BCUT2D eigenvalue weighted by Crippen LogP contribution is -2.42. The third kappa shape index (κ3) is 5.04. The largest absolute Gasteiger partial charge is 0.481 e. The van der Waals surface area contributed by atoms with Gasteiger partial charge < -0.3 is 20.5 Å². The highest BCUT2D eigenvalue weighted by Crippen LogP contribution is 2.44. The first-order valence-electron chi connectivity index (χ1n) is 12.6. The lowest BCUT2D eigenvalue weighted by Gasteiger charge is -2.28. The van der Waals surface area contributed by atoms with Crippen molar-refractivity contribution in [1.82, 2.24) is 10.6 Å². The van der Waals surface area contributed by atoms with Crippen LogP contribution in [0.4, 0.5) is 4.79 Å². The van der Waals surface area contributed by atoms with E-state index in [9.17, 15) is 19.5 Å². The molecule has 0 heterocycles. The van der Waals surface area contributed by atoms with Crippen LogP contribution in [0.1, 0.15) is 62.0 Å². The van der Waals surface area contributed by atoms with Crippen molar-refractivity contribution in [1.29, 1.82) is 0 Å². The Labute approximate surface area is 205 Å². The van der Waals surface area contributed by atoms with Crippen LogP contribution in [0.2, 0.25) is 0 Å². The molecular formula is C28H32N2O5. The van der Waals surface area contributed by atoms with Crippen LogP contribution in [0.15, 0.2) is 48.5 Å². The van der Waals surface area contributed by atoms with E-state index in [2.05, 4.69) is 34.9 Å². The number of alkyl carbamates (subject to hydrolysis) is 1. The Morgan fingerprint density at radius 2 is 1.43 bits per heavy atom. The van der Waals surface area contributed by atoms with E-state index < -0.39 is 12.1 Å². The summed E-state index contributed by atoms with van der Waals surface area (Å²) in [5, 5.41) is 15.3. The maximum atomic E-state index is 12.8. The smallest absolute Gasteiger partial charge is 0.407 e. The number of aliphatic carboxylic acids is 1. The summed E-state index contributed by atoms with van der Waals surface area (Å²) >= 11 is 0. The summed E-state index contributed by atoms with van der Waals surface area (Å²) in [6.45, 7) is 0.267. The summed E-state index contributed by atoms with van der Waals surface area (Å²) in [6, 6.07) is 16.3. The second kappa shape index (κ2) is 10.1. The number of rotatable bonds is 6. The Balaban J connectivity index is 1.10. The van der Waals surface area contributed by atoms with Crippen LogP contribution in [-0.2, 0) is 14.3 Å². The minimum absolute atomic E-state index is 0.0142. The van der Waals surface area contributed by atoms with Crippen LogP contribution in [0.3, 0.4) is 0 Å². The second-order valence-corrected chi connectivity index (χ2v) is 10.1. The molecule has 7 nitrogen and oxygen atoms in total. The molecule has 0 unspecified atom stereocenters. The molecule has 2 aromatic carbocycles. The molecule has 3 N–H and O–H groups in total. The fourth-order valence-electron chi connectivity index (χ4n) is 6.02. The van der Waals surface area contributed by atoms with E-state index in [-0.39, 0.29) is 42.4 Å². The van der Waals surface area contributed by atoms with Gasteiger partial charge in [-0.3, -0.25) is 9.59 Å². The number of ether oxygens (including phenoxy) is 1. The highest BCUT2D eigenvalue weighted by atomic mass is 16.5. The third-order valence-electron chi connectivity index (χ3n) is 7.84. The molecule has 2 fully saturated rings. The van der Waals surface area contributed by atoms with E-state index in [1.54, 1.807) is 0 Å². The molecule has 0 aromatic heterocycles. The summed E-state index contributed by atoms with van der Waals surface area (Å²) in [5.74, 6) is -1.34. The summed E-state index contributed by atoms with van der Waals surface area (Å²) in [7, 11) is 0. The molecule has 5 rings (SSSR count). The van der Waals surface area contributed by atoms with E-state index in [0.29, 0.717) is 25.7 Å². The van der Waals surface area contributed by atoms with Crippen molar-refractivity contribution in [3.63, 3.8) is 0 Å². The third-order valence-corrected chi connectivity index (χ3v) is 7.84. The van der Waals surface area contributed by atoms with Crippen LogP contribution < -0.4 is 10.6 Å². The molecule has 0 radical (unpaired) electrons. The normalized spacial score (nSPS) is 25.4. The van der Waals surface area contributed by atoms with Gasteiger partial charge in [-0.25, -0.2) is 4.79 Å². The first-order chi connectivity index (χ1) is 17.0. The molecule has 0 spiro atoms. The van der Waals surface area contributed by atoms with Crippen molar-refractivity contribution in [2.75, 3.05) is 6.61 Å². The zero-order valence-corrected chi connectivity index (χ0v) is 19.7. The molecule has 2 saturated carbocycles. The number of carboxylic acids is 1. The zero-order chi connectivity index (χ0) is 24.4. The van der Waals surface area contributed by atoms with E-state index in [1.165, 1.54) is 22.3 Å². The molecule has 3 aliphatic carbocycles. The lowest BCUT2D eigenvalue weighted by molar-refractivity contribution is -0.143. The highest BCUT2D eigenvalue weighted by molar-refractivity contribution is 5.80. The van der Waals surface area contributed by atoms with Gasteiger partial charge in [-0.15, -0.1) is 0 Å². The molecule has 0 saturated heterocycles. The van der Waals surface area contributed by atoms with Crippen molar-refractivity contribution in [2.24, 2.45) is 11.8 Å². The zero-order valence-electron chi connectivity index (χ0n) is 19.7. The molecule has 35 heavy (non-hydrogen) atoms. The molecule has 4 atom stereocenters. The predicted molar refractivity (Wildman–Crippen MR) is 131 cm³/mol. The number of carbonyl (C=O) groups excluding carboxylic acids is 2. The number of hydrogen-bond donors (Lipinski definition) is 3. The Hall–Kier alpha value is -3.35. The van der Waals surface area contributed by atoms with E-state index in [1.807, 2.05) is 24.3 Å². The average molecular weight is 477 g/mol. The Kier molecular flexibility index (Phi) is 6.75. The molecule has 0 bridgehead atoms. The van der Waals surface area contributed by atoms with Gasteiger partial charge in [-0.2, -0.15) is 0 Å². The van der Waals surface area contributed by atoms with Gasteiger partial charge in [0.15, 0.2) is 0 Å². The number of carbonyl (C=O) groups is 3. The van der Waals surface area contributed by atoms with Gasteiger partial charge in [0.05, 0.1) is 5.92 Å². The minimum Gasteiger partial charge on any atom is -0.481 e. The topological polar surface area (TPSA) is 105 Å². The monoisotopic (exact) mass is 476 g/mol. The van der Waals surface area contributed by atoms with E-state index in [4.69, 9.17) is 4.74 Å². The Morgan fingerprint density at radius 1 is 0.800 bits per heavy atom. The maximum Gasteiger partial charge on any atom is 0.407 e. The molecule has 7 heteroatoms. The second-order valence-electron chi connectivity index (χ2n) is 10.1. The quantitative estimate of drug-likeness (QED) is 0.571. The number of amides is 2. The van der Waals surface area contributed by atoms with Crippen molar-refractivity contribution in [3.8, 4) is 11.1 Å². The molecular weight excluding hydrogens is 444 g/mol. The van der Waals surface area contributed by atoms with Gasteiger partial charge in [0, 0.05) is 23.9 Å². The average Bonchev–Trinajstić information content (AvgIpc) is 3.46. The van der Waals surface area contributed by atoms with E-state index >= 15 is 0 Å². The minimum atomic E-state index is -0.780. The van der Waals surface area contributed by atoms with Crippen LogP contribution in [-0.4, -0.2) is 41.8 Å². The van der Waals surface area contributed by atoms with Crippen molar-refractivity contribution in [3.05, 3.63) is 59.7 Å².